The fourth-order valence-corrected chi connectivity index (χ4v) is 3.90. The van der Waals surface area contributed by atoms with E-state index in [1.54, 1.807) is 4.90 Å². The van der Waals surface area contributed by atoms with Gasteiger partial charge in [-0.25, -0.2) is 4.79 Å². The third-order valence-electron chi connectivity index (χ3n) is 5.62. The van der Waals surface area contributed by atoms with Crippen LogP contribution in [0.15, 0.2) is 30.3 Å². The monoisotopic (exact) mass is 343 g/mol. The molecular weight excluding hydrogens is 314 g/mol. The zero-order chi connectivity index (χ0) is 17.6. The zero-order valence-corrected chi connectivity index (χ0v) is 15.0. The lowest BCUT2D eigenvalue weighted by Crippen LogP contribution is -2.48. The second-order valence-corrected chi connectivity index (χ2v) is 7.43. The first-order valence-corrected chi connectivity index (χ1v) is 9.55. The van der Waals surface area contributed by atoms with Crippen LogP contribution in [0.2, 0.25) is 0 Å². The van der Waals surface area contributed by atoms with Crippen molar-refractivity contribution in [3.8, 4) is 0 Å². The van der Waals surface area contributed by atoms with Crippen LogP contribution in [0.4, 0.5) is 10.5 Å². The van der Waals surface area contributed by atoms with Crippen molar-refractivity contribution in [3.05, 3.63) is 30.3 Å². The van der Waals surface area contributed by atoms with E-state index < -0.39 is 0 Å². The summed E-state index contributed by atoms with van der Waals surface area (Å²) in [5.41, 5.74) is 0.804. The number of rotatable bonds is 3. The Morgan fingerprint density at radius 2 is 1.68 bits per heavy atom. The SMILES string of the molecule is CC1CCCCC1NC(=O)C1CCN(C(=O)Nc2ccccc2)CC1. The summed E-state index contributed by atoms with van der Waals surface area (Å²) in [7, 11) is 0. The number of likely N-dealkylation sites (tertiary alicyclic amines) is 1. The van der Waals surface area contributed by atoms with Crippen LogP contribution < -0.4 is 10.6 Å². The summed E-state index contributed by atoms with van der Waals surface area (Å²) in [6, 6.07) is 9.74. The van der Waals surface area contributed by atoms with Crippen molar-refractivity contribution in [2.75, 3.05) is 18.4 Å². The number of amides is 3. The molecule has 5 nitrogen and oxygen atoms in total. The highest BCUT2D eigenvalue weighted by Crippen LogP contribution is 2.25. The number of hydrogen-bond donors (Lipinski definition) is 2. The molecule has 1 saturated carbocycles. The number of carbonyl (C=O) groups is 2. The van der Waals surface area contributed by atoms with Crippen LogP contribution >= 0.6 is 0 Å². The summed E-state index contributed by atoms with van der Waals surface area (Å²) < 4.78 is 0. The second kappa shape index (κ2) is 8.37. The maximum absolute atomic E-state index is 12.5. The van der Waals surface area contributed by atoms with E-state index in [-0.39, 0.29) is 17.9 Å². The minimum atomic E-state index is -0.0778. The van der Waals surface area contributed by atoms with Crippen molar-refractivity contribution >= 4 is 17.6 Å². The van der Waals surface area contributed by atoms with Gasteiger partial charge in [0, 0.05) is 30.7 Å². The van der Waals surface area contributed by atoms with Crippen molar-refractivity contribution in [2.24, 2.45) is 11.8 Å². The van der Waals surface area contributed by atoms with E-state index in [9.17, 15) is 9.59 Å². The quantitative estimate of drug-likeness (QED) is 0.880. The smallest absolute Gasteiger partial charge is 0.321 e. The number of urea groups is 1. The van der Waals surface area contributed by atoms with Crippen molar-refractivity contribution in [1.29, 1.82) is 0 Å². The van der Waals surface area contributed by atoms with Crippen LogP contribution in [0.25, 0.3) is 0 Å². The van der Waals surface area contributed by atoms with Gasteiger partial charge in [0.1, 0.15) is 0 Å². The number of para-hydroxylation sites is 1. The maximum Gasteiger partial charge on any atom is 0.321 e. The maximum atomic E-state index is 12.5. The minimum absolute atomic E-state index is 0.0369. The van der Waals surface area contributed by atoms with Gasteiger partial charge in [-0.3, -0.25) is 4.79 Å². The average molecular weight is 343 g/mol. The summed E-state index contributed by atoms with van der Waals surface area (Å²) in [5, 5.41) is 6.18. The molecule has 25 heavy (non-hydrogen) atoms. The molecule has 0 bridgehead atoms. The van der Waals surface area contributed by atoms with Gasteiger partial charge >= 0.3 is 6.03 Å². The molecule has 1 heterocycles. The zero-order valence-electron chi connectivity index (χ0n) is 15.0. The predicted molar refractivity (Wildman–Crippen MR) is 99.3 cm³/mol. The van der Waals surface area contributed by atoms with Crippen molar-refractivity contribution in [3.63, 3.8) is 0 Å². The Kier molecular flexibility index (Phi) is 5.95. The highest BCUT2D eigenvalue weighted by molar-refractivity contribution is 5.89. The molecule has 1 aliphatic carbocycles. The van der Waals surface area contributed by atoms with Crippen molar-refractivity contribution in [2.45, 2.75) is 51.5 Å². The molecule has 1 aromatic rings. The first kappa shape index (κ1) is 17.8. The number of piperidine rings is 1. The first-order chi connectivity index (χ1) is 12.1. The van der Waals surface area contributed by atoms with Gasteiger partial charge in [-0.1, -0.05) is 38.0 Å². The first-order valence-electron chi connectivity index (χ1n) is 9.55. The topological polar surface area (TPSA) is 61.4 Å². The summed E-state index contributed by atoms with van der Waals surface area (Å²) in [6.07, 6.45) is 6.30. The molecule has 2 fully saturated rings. The van der Waals surface area contributed by atoms with Crippen LogP contribution in [0.5, 0.6) is 0 Å². The fraction of sp³-hybridized carbons (Fsp3) is 0.600. The molecule has 3 amide bonds. The molecule has 0 radical (unpaired) electrons. The van der Waals surface area contributed by atoms with Gasteiger partial charge in [0.15, 0.2) is 0 Å². The van der Waals surface area contributed by atoms with E-state index in [2.05, 4.69) is 17.6 Å². The molecule has 5 heteroatoms. The Balaban J connectivity index is 1.44. The number of anilines is 1. The van der Waals surface area contributed by atoms with Crippen LogP contribution in [0.3, 0.4) is 0 Å². The second-order valence-electron chi connectivity index (χ2n) is 7.43. The van der Waals surface area contributed by atoms with Gasteiger partial charge in [0.05, 0.1) is 0 Å². The molecule has 0 aromatic heterocycles. The lowest BCUT2D eigenvalue weighted by molar-refractivity contribution is -0.127. The molecular formula is C20H29N3O2. The standard InChI is InChI=1S/C20H29N3O2/c1-15-7-5-6-10-18(15)22-19(24)16-11-13-23(14-12-16)20(25)21-17-8-3-2-4-9-17/h2-4,8-9,15-16,18H,5-7,10-14H2,1H3,(H,21,25)(H,22,24). The summed E-state index contributed by atoms with van der Waals surface area (Å²) in [4.78, 5) is 26.7. The number of hydrogen-bond acceptors (Lipinski definition) is 2. The fourth-order valence-electron chi connectivity index (χ4n) is 3.90. The molecule has 2 aliphatic rings. The molecule has 2 unspecified atom stereocenters. The van der Waals surface area contributed by atoms with Gasteiger partial charge in [0.2, 0.25) is 5.91 Å². The number of nitrogens with one attached hydrogen (secondary N) is 2. The Labute approximate surface area is 150 Å². The molecule has 1 saturated heterocycles. The van der Waals surface area contributed by atoms with Crippen molar-refractivity contribution < 1.29 is 9.59 Å². The Morgan fingerprint density at radius 1 is 1.00 bits per heavy atom. The highest BCUT2D eigenvalue weighted by atomic mass is 16.2. The van der Waals surface area contributed by atoms with E-state index in [1.165, 1.54) is 19.3 Å². The van der Waals surface area contributed by atoms with Gasteiger partial charge in [-0.15, -0.1) is 0 Å². The summed E-state index contributed by atoms with van der Waals surface area (Å²) in [5.74, 6) is 0.797. The summed E-state index contributed by atoms with van der Waals surface area (Å²) >= 11 is 0. The Bertz CT molecular complexity index is 582. The normalized spacial score (nSPS) is 24.6. The van der Waals surface area contributed by atoms with Gasteiger partial charge in [-0.05, 0) is 43.7 Å². The van der Waals surface area contributed by atoms with Gasteiger partial charge in [-0.2, -0.15) is 0 Å². The molecule has 0 spiro atoms. The van der Waals surface area contributed by atoms with E-state index in [1.807, 2.05) is 30.3 Å². The van der Waals surface area contributed by atoms with E-state index >= 15 is 0 Å². The lowest BCUT2D eigenvalue weighted by atomic mass is 9.85. The van der Waals surface area contributed by atoms with Crippen molar-refractivity contribution in [1.82, 2.24) is 10.2 Å². The predicted octanol–water partition coefficient (Wildman–Crippen LogP) is 3.63. The highest BCUT2D eigenvalue weighted by Gasteiger charge is 2.30. The molecule has 2 atom stereocenters. The van der Waals surface area contributed by atoms with E-state index in [0.29, 0.717) is 25.0 Å². The molecule has 1 aliphatic heterocycles. The third-order valence-corrected chi connectivity index (χ3v) is 5.62. The van der Waals surface area contributed by atoms with E-state index in [0.717, 1.165) is 24.9 Å². The molecule has 1 aromatic carbocycles. The molecule has 136 valence electrons. The number of benzene rings is 1. The van der Waals surface area contributed by atoms with Crippen LogP contribution in [-0.4, -0.2) is 36.0 Å². The number of nitrogens with zero attached hydrogens (tertiary/aromatic N) is 1. The Hall–Kier alpha value is -2.04. The minimum Gasteiger partial charge on any atom is -0.353 e. The van der Waals surface area contributed by atoms with Crippen LogP contribution in [0.1, 0.15) is 45.4 Å². The Morgan fingerprint density at radius 3 is 2.36 bits per heavy atom. The van der Waals surface area contributed by atoms with Crippen LogP contribution in [-0.2, 0) is 4.79 Å². The number of carbonyl (C=O) groups excluding carboxylic acids is 2. The van der Waals surface area contributed by atoms with Gasteiger partial charge in [0.25, 0.3) is 0 Å². The lowest BCUT2D eigenvalue weighted by Gasteiger charge is -2.34. The van der Waals surface area contributed by atoms with Crippen LogP contribution in [0, 0.1) is 11.8 Å². The van der Waals surface area contributed by atoms with Gasteiger partial charge < -0.3 is 15.5 Å². The van der Waals surface area contributed by atoms with E-state index in [4.69, 9.17) is 0 Å². The average Bonchev–Trinajstić information content (AvgIpc) is 2.64. The molecule has 2 N–H and O–H groups in total. The molecule has 3 rings (SSSR count). The summed E-state index contributed by atoms with van der Waals surface area (Å²) in [6.45, 7) is 3.51. The largest absolute Gasteiger partial charge is 0.353 e. The third kappa shape index (κ3) is 4.74.